The number of allylic oxidation sites excluding steroid dienone is 1. The van der Waals surface area contributed by atoms with Gasteiger partial charge in [0.1, 0.15) is 10.9 Å². The van der Waals surface area contributed by atoms with Crippen LogP contribution < -0.4 is 20.3 Å². The van der Waals surface area contributed by atoms with Crippen molar-refractivity contribution in [2.45, 2.75) is 97.7 Å². The first kappa shape index (κ1) is 60.8. The third kappa shape index (κ3) is 14.3. The van der Waals surface area contributed by atoms with Gasteiger partial charge >= 0.3 is 5.51 Å². The number of nitrogens with zero attached hydrogens (tertiary/aromatic N) is 5. The van der Waals surface area contributed by atoms with Crippen LogP contribution in [0.3, 0.4) is 0 Å². The number of halogens is 4. The van der Waals surface area contributed by atoms with E-state index < -0.39 is 64.7 Å². The number of anilines is 2. The molecule has 10 rings (SSSR count). The molecular formula is C61H68ClF3N8O8S3. The Balaban J connectivity index is 0.765. The normalized spacial score (nSPS) is 19.7. The largest absolute Gasteiger partial charge is 0.501 e. The van der Waals surface area contributed by atoms with Crippen molar-refractivity contribution < 1.29 is 49.2 Å². The number of imide groups is 1. The Hall–Kier alpha value is -6.27. The van der Waals surface area contributed by atoms with E-state index in [1.807, 2.05) is 59.3 Å². The summed E-state index contributed by atoms with van der Waals surface area (Å²) in [6.07, 6.45) is 3.93. The van der Waals surface area contributed by atoms with Gasteiger partial charge in [0.15, 0.2) is 0 Å². The molecule has 2 atom stereocenters. The van der Waals surface area contributed by atoms with E-state index in [-0.39, 0.29) is 42.2 Å². The lowest BCUT2D eigenvalue weighted by Crippen LogP contribution is -2.52. The lowest BCUT2D eigenvalue weighted by Gasteiger charge is -2.39. The molecule has 1 aliphatic carbocycles. The van der Waals surface area contributed by atoms with Crippen molar-refractivity contribution in [3.8, 4) is 0 Å². The first-order valence-corrected chi connectivity index (χ1v) is 32.5. The number of piperidine rings is 1. The third-order valence-electron chi connectivity index (χ3n) is 16.5. The quantitative estimate of drug-likeness (QED) is 0.0525. The number of piperazine rings is 2. The lowest BCUT2D eigenvalue weighted by molar-refractivity contribution is -0.136. The van der Waals surface area contributed by atoms with Crippen molar-refractivity contribution in [2.75, 3.05) is 81.4 Å². The van der Waals surface area contributed by atoms with Gasteiger partial charge in [-0.2, -0.15) is 13.2 Å². The van der Waals surface area contributed by atoms with E-state index in [2.05, 4.69) is 56.2 Å². The molecule has 4 heterocycles. The fraction of sp³-hybridized carbons (Fsp3) is 0.410. The first-order chi connectivity index (χ1) is 40.0. The molecule has 23 heteroatoms. The molecule has 0 spiro atoms. The number of amides is 4. The fourth-order valence-corrected chi connectivity index (χ4v) is 15.0. The van der Waals surface area contributed by atoms with Crippen molar-refractivity contribution in [3.63, 3.8) is 0 Å². The van der Waals surface area contributed by atoms with Crippen LogP contribution in [0.4, 0.5) is 24.5 Å². The molecule has 3 fully saturated rings. The number of hydrogen-bond acceptors (Lipinski definition) is 14. The molecular weight excluding hydrogens is 1160 g/mol. The predicted octanol–water partition coefficient (Wildman–Crippen LogP) is 9.08. The van der Waals surface area contributed by atoms with E-state index in [0.29, 0.717) is 81.2 Å². The number of alkyl halides is 3. The van der Waals surface area contributed by atoms with Gasteiger partial charge in [-0.3, -0.25) is 34.3 Å². The molecule has 5 aromatic rings. The lowest BCUT2D eigenvalue weighted by atomic mass is 9.73. The van der Waals surface area contributed by atoms with Crippen molar-refractivity contribution in [2.24, 2.45) is 5.41 Å². The molecule has 0 saturated carbocycles. The number of rotatable bonds is 19. The first-order valence-electron chi connectivity index (χ1n) is 28.2. The average Bonchev–Trinajstić information content (AvgIpc) is 2.58. The number of nitrogens with one attached hydrogen (secondary N) is 3. The number of carbonyl (C=O) groups is 4. The second-order valence-electron chi connectivity index (χ2n) is 23.0. The maximum absolute atomic E-state index is 14.5. The summed E-state index contributed by atoms with van der Waals surface area (Å²) in [4.78, 5) is 60.5. The molecule has 0 radical (unpaired) electrons. The van der Waals surface area contributed by atoms with Gasteiger partial charge in [-0.25, -0.2) is 21.6 Å². The highest BCUT2D eigenvalue weighted by Crippen LogP contribution is 2.43. The zero-order valence-electron chi connectivity index (χ0n) is 46.8. The summed E-state index contributed by atoms with van der Waals surface area (Å²) in [5.74, 6) is -1.79. The van der Waals surface area contributed by atoms with Crippen LogP contribution in [0.25, 0.3) is 5.57 Å². The van der Waals surface area contributed by atoms with Crippen molar-refractivity contribution in [3.05, 3.63) is 154 Å². The minimum atomic E-state index is -6.14. The van der Waals surface area contributed by atoms with Crippen molar-refractivity contribution in [1.29, 1.82) is 0 Å². The topological polar surface area (TPSA) is 189 Å². The Kier molecular flexibility index (Phi) is 18.4. The smallest absolute Gasteiger partial charge is 0.380 e. The van der Waals surface area contributed by atoms with Gasteiger partial charge in [-0.1, -0.05) is 73.5 Å². The SMILES string of the molecule is CC1(C)CCC(c2ccc(Cl)cc2)=C(CN2CCN(c3ccc(C(=O)NS(=O)(=O)c4ccc(N[C@H](CCN5CCN(Cc6ccc7c(c6)CN(C6CCC(=O)NC6=O)C7=O)CC5)CSc5ccccc5)c(S(=O)(=O)C(F)(F)F)c4)cc3)CC2)C1. The number of sulfone groups is 1. The highest BCUT2D eigenvalue weighted by molar-refractivity contribution is 7.99. The van der Waals surface area contributed by atoms with E-state index in [4.69, 9.17) is 11.6 Å². The van der Waals surface area contributed by atoms with Crippen molar-refractivity contribution >= 4 is 83.8 Å². The van der Waals surface area contributed by atoms with Gasteiger partial charge in [-0.15, -0.1) is 11.8 Å². The minimum absolute atomic E-state index is 0.0245. The van der Waals surface area contributed by atoms with Crippen LogP contribution in [0, 0.1) is 5.41 Å². The summed E-state index contributed by atoms with van der Waals surface area (Å²) in [7, 11) is -11.0. The van der Waals surface area contributed by atoms with E-state index in [1.165, 1.54) is 45.5 Å². The Morgan fingerprint density at radius 3 is 2.17 bits per heavy atom. The number of fused-ring (bicyclic) bond motifs is 1. The third-order valence-corrected chi connectivity index (χ3v) is 20.8. The molecule has 0 bridgehead atoms. The highest BCUT2D eigenvalue weighted by Gasteiger charge is 2.49. The van der Waals surface area contributed by atoms with E-state index >= 15 is 0 Å². The van der Waals surface area contributed by atoms with Crippen LogP contribution in [-0.2, 0) is 42.5 Å². The molecule has 5 aliphatic rings. The summed E-state index contributed by atoms with van der Waals surface area (Å²) >= 11 is 7.64. The average molecular weight is 1230 g/mol. The van der Waals surface area contributed by atoms with Crippen LogP contribution in [-0.4, -0.2) is 149 Å². The Morgan fingerprint density at radius 2 is 1.48 bits per heavy atom. The maximum Gasteiger partial charge on any atom is 0.501 e. The van der Waals surface area contributed by atoms with E-state index in [1.54, 1.807) is 18.2 Å². The molecule has 5 aromatic carbocycles. The Labute approximate surface area is 498 Å². The zero-order chi connectivity index (χ0) is 59.6. The molecule has 84 heavy (non-hydrogen) atoms. The Morgan fingerprint density at radius 1 is 0.798 bits per heavy atom. The summed E-state index contributed by atoms with van der Waals surface area (Å²) < 4.78 is 99.8. The number of sulfonamides is 1. The van der Waals surface area contributed by atoms with Crippen molar-refractivity contribution in [1.82, 2.24) is 29.6 Å². The van der Waals surface area contributed by atoms with E-state index in [0.717, 1.165) is 72.7 Å². The number of thioether (sulfide) groups is 1. The summed E-state index contributed by atoms with van der Waals surface area (Å²) in [6.45, 7) is 12.6. The predicted molar refractivity (Wildman–Crippen MR) is 319 cm³/mol. The molecule has 3 saturated heterocycles. The van der Waals surface area contributed by atoms with Gasteiger partial charge in [0, 0.05) is 123 Å². The van der Waals surface area contributed by atoms with E-state index in [9.17, 15) is 49.2 Å². The summed E-state index contributed by atoms with van der Waals surface area (Å²) in [5, 5.41) is 6.08. The van der Waals surface area contributed by atoms with Crippen LogP contribution in [0.1, 0.15) is 89.8 Å². The molecule has 4 amide bonds. The number of carbonyl (C=O) groups excluding carboxylic acids is 4. The van der Waals surface area contributed by atoms with Gasteiger partial charge in [0.05, 0.1) is 10.6 Å². The number of hydrogen-bond donors (Lipinski definition) is 3. The van der Waals surface area contributed by atoms with Gasteiger partial charge in [0.2, 0.25) is 11.8 Å². The highest BCUT2D eigenvalue weighted by atomic mass is 35.5. The van der Waals surface area contributed by atoms with Gasteiger partial charge in [0.25, 0.3) is 31.7 Å². The molecule has 1 unspecified atom stereocenters. The fourth-order valence-electron chi connectivity index (χ4n) is 11.8. The monoisotopic (exact) mass is 1230 g/mol. The molecule has 446 valence electrons. The van der Waals surface area contributed by atoms with Crippen LogP contribution in [0.15, 0.2) is 136 Å². The van der Waals surface area contributed by atoms with Crippen LogP contribution >= 0.6 is 23.4 Å². The van der Waals surface area contributed by atoms with Gasteiger partial charge in [-0.05, 0) is 133 Å². The minimum Gasteiger partial charge on any atom is -0.380 e. The molecule has 4 aliphatic heterocycles. The standard InChI is InChI=1S/C61H68ClF3N8O8S3/c1-60(2)24-22-51(42-9-13-46(62)14-10-42)45(36-60)38-71-30-32-72(33-31-71)48-15-11-43(12-16-48)57(75)68-84(80,81)50-17-19-53(55(35-50)83(78,79)61(63,64)65)66-47(40-82-49-6-4-3-5-7-49)23-25-69-26-28-70(29-27-69)37-41-8-18-52-44(34-41)39-73(59(52)77)54-20-21-56(74)67-58(54)76/h3-19,34-35,47,54,66H,20-33,36-40H2,1-2H3,(H,68,75)(H,67,74,76)/t47-,54?/m1/s1. The number of benzene rings is 5. The van der Waals surface area contributed by atoms with Crippen LogP contribution in [0.2, 0.25) is 5.02 Å². The molecule has 0 aromatic heterocycles. The summed E-state index contributed by atoms with van der Waals surface area (Å²) in [5.41, 5.74) is 1.14. The van der Waals surface area contributed by atoms with Gasteiger partial charge < -0.3 is 20.0 Å². The second-order valence-corrected chi connectivity index (χ2v) is 28.2. The second kappa shape index (κ2) is 25.4. The molecule has 16 nitrogen and oxygen atoms in total. The Bertz CT molecular complexity index is 3540. The zero-order valence-corrected chi connectivity index (χ0v) is 50.0. The summed E-state index contributed by atoms with van der Waals surface area (Å²) in [6, 6.07) is 30.5. The van der Waals surface area contributed by atoms with Crippen LogP contribution in [0.5, 0.6) is 0 Å². The maximum atomic E-state index is 14.5. The molecule has 3 N–H and O–H groups in total.